The Morgan fingerprint density at radius 1 is 1.24 bits per heavy atom. The van der Waals surface area contributed by atoms with Crippen LogP contribution in [0.3, 0.4) is 0 Å². The van der Waals surface area contributed by atoms with E-state index in [-0.39, 0.29) is 43.0 Å². The second kappa shape index (κ2) is 11.4. The molecule has 7 nitrogen and oxygen atoms in total. The van der Waals surface area contributed by atoms with E-state index in [0.717, 1.165) is 29.8 Å². The minimum Gasteiger partial charge on any atom is -0.448 e. The lowest BCUT2D eigenvalue weighted by atomic mass is 9.45. The highest BCUT2D eigenvalue weighted by Gasteiger charge is 2.70. The van der Waals surface area contributed by atoms with Gasteiger partial charge in [-0.1, -0.05) is 19.4 Å². The molecule has 41 heavy (non-hydrogen) atoms. The Hall–Kier alpha value is -2.40. The Morgan fingerprint density at radius 3 is 2.63 bits per heavy atom. The maximum absolute atomic E-state index is 13.5. The summed E-state index contributed by atoms with van der Waals surface area (Å²) in [5.41, 5.74) is 1.06. The standard InChI is InChI=1S/C31H38F2N2O5S/c1-29-13-18(15-34)24(35-21-7-5-20(33)6-8-21)12-19(29)4-9-22-23-10-11-31(28(38)41-17-32,40-26(37)16-39-3)30(23,2)14-25(36)27(22)29/h5-8,12,15,22-23,25,27,34-36H,4,9-11,13-14,16-17H2,1-3H3/p+1/t22-,23?,25-,27?,29-,30-,31-/m0/s1. The maximum Gasteiger partial charge on any atom is 0.333 e. The molecule has 5 rings (SSSR count). The van der Waals surface area contributed by atoms with Crippen molar-refractivity contribution in [2.45, 2.75) is 64.1 Å². The smallest absolute Gasteiger partial charge is 0.333 e. The van der Waals surface area contributed by atoms with Crippen LogP contribution < -0.4 is 5.32 Å². The van der Waals surface area contributed by atoms with Crippen LogP contribution in [0.4, 0.5) is 14.5 Å². The second-order valence-electron chi connectivity index (χ2n) is 12.4. The van der Waals surface area contributed by atoms with E-state index in [4.69, 9.17) is 14.9 Å². The summed E-state index contributed by atoms with van der Waals surface area (Å²) in [4.78, 5) is 26.1. The zero-order valence-electron chi connectivity index (χ0n) is 23.8. The molecule has 0 heterocycles. The number of hydrogen-bond donors (Lipinski definition) is 3. The molecule has 0 bridgehead atoms. The van der Waals surface area contributed by atoms with Crippen LogP contribution in [0, 0.1) is 39.8 Å². The number of methoxy groups -OCH3 is 1. The van der Waals surface area contributed by atoms with Gasteiger partial charge in [0.15, 0.2) is 5.60 Å². The van der Waals surface area contributed by atoms with Crippen LogP contribution in [-0.4, -0.2) is 53.8 Å². The van der Waals surface area contributed by atoms with Gasteiger partial charge >= 0.3 is 5.97 Å². The van der Waals surface area contributed by atoms with E-state index < -0.39 is 39.6 Å². The number of nitrogens with two attached hydrogens (primary N) is 1. The quantitative estimate of drug-likeness (QED) is 0.232. The number of carbonyl (C=O) groups excluding carboxylic acids is 2. The number of thioether (sulfide) groups is 1. The molecule has 1 aromatic rings. The lowest BCUT2D eigenvalue weighted by Gasteiger charge is -2.60. The molecule has 0 aliphatic heterocycles. The Balaban J connectivity index is 1.47. The van der Waals surface area contributed by atoms with Gasteiger partial charge in [-0.3, -0.25) is 10.1 Å². The average Bonchev–Trinajstić information content (AvgIpc) is 3.21. The van der Waals surface area contributed by atoms with Crippen molar-refractivity contribution < 1.29 is 38.3 Å². The van der Waals surface area contributed by atoms with Gasteiger partial charge in [-0.2, -0.15) is 0 Å². The van der Waals surface area contributed by atoms with Crippen molar-refractivity contribution in [3.63, 3.8) is 0 Å². The number of esters is 1. The summed E-state index contributed by atoms with van der Waals surface area (Å²) in [5.74, 6) is -1.03. The number of nitrogens with one attached hydrogen (secondary N) is 1. The summed E-state index contributed by atoms with van der Waals surface area (Å²) in [6.07, 6.45) is 6.08. The number of halogens is 2. The largest absolute Gasteiger partial charge is 0.448 e. The SMILES string of the molecule is COCC(=O)O[C@]1(C(=O)SCF)CCC2[C@@H]3CCC4=CC([NH2+]c5ccc(F)cc5)=C(C=N)C[C@]4(C)C3[C@@H](O)C[C@@]21C. The van der Waals surface area contributed by atoms with E-state index in [1.807, 2.05) is 12.2 Å². The molecule has 0 spiro atoms. The normalized spacial score (nSPS) is 36.1. The predicted molar refractivity (Wildman–Crippen MR) is 152 cm³/mol. The topological polar surface area (TPSA) is 113 Å². The second-order valence-corrected chi connectivity index (χ2v) is 13.3. The zero-order chi connectivity index (χ0) is 29.6. The number of aliphatic hydroxyl groups excluding tert-OH is 1. The molecule has 10 heteroatoms. The molecule has 4 N–H and O–H groups in total. The molecule has 4 aliphatic rings. The summed E-state index contributed by atoms with van der Waals surface area (Å²) >= 11 is 0.525. The molecule has 222 valence electrons. The van der Waals surface area contributed by atoms with Gasteiger partial charge in [0.2, 0.25) is 5.12 Å². The lowest BCUT2D eigenvalue weighted by molar-refractivity contribution is -0.513. The number of allylic oxidation sites excluding steroid dienone is 3. The van der Waals surface area contributed by atoms with E-state index in [1.165, 1.54) is 31.0 Å². The first-order chi connectivity index (χ1) is 19.5. The highest BCUT2D eigenvalue weighted by molar-refractivity contribution is 8.13. The molecule has 2 unspecified atom stereocenters. The number of alkyl halides is 1. The minimum atomic E-state index is -1.53. The number of aliphatic hydroxyl groups is 1. The highest BCUT2D eigenvalue weighted by Crippen LogP contribution is 2.69. The number of fused-ring (bicyclic) bond motifs is 5. The van der Waals surface area contributed by atoms with Crippen molar-refractivity contribution in [3.05, 3.63) is 53.0 Å². The lowest BCUT2D eigenvalue weighted by Crippen LogP contribution is -2.76. The summed E-state index contributed by atoms with van der Waals surface area (Å²) in [5, 5.41) is 21.6. The van der Waals surface area contributed by atoms with E-state index in [9.17, 15) is 23.5 Å². The molecule has 3 saturated carbocycles. The summed E-state index contributed by atoms with van der Waals surface area (Å²) < 4.78 is 37.7. The maximum atomic E-state index is 13.5. The number of benzene rings is 1. The van der Waals surface area contributed by atoms with Gasteiger partial charge in [0.05, 0.1) is 6.10 Å². The summed E-state index contributed by atoms with van der Waals surface area (Å²) in [6, 6.07) is 5.35. The molecule has 7 atom stereocenters. The average molecular weight is 590 g/mol. The van der Waals surface area contributed by atoms with Crippen LogP contribution in [0.2, 0.25) is 0 Å². The number of ether oxygens (including phenoxy) is 2. The third-order valence-electron chi connectivity index (χ3n) is 10.5. The minimum absolute atomic E-state index is 0.00614. The molecule has 0 saturated heterocycles. The molecule has 1 aromatic carbocycles. The Morgan fingerprint density at radius 2 is 1.98 bits per heavy atom. The zero-order valence-corrected chi connectivity index (χ0v) is 24.6. The third-order valence-corrected chi connectivity index (χ3v) is 11.2. The van der Waals surface area contributed by atoms with Crippen LogP contribution in [-0.2, 0) is 19.1 Å². The van der Waals surface area contributed by atoms with Crippen molar-refractivity contribution >= 4 is 34.7 Å². The van der Waals surface area contributed by atoms with Crippen molar-refractivity contribution in [2.75, 3.05) is 19.7 Å². The molecular weight excluding hydrogens is 550 g/mol. The van der Waals surface area contributed by atoms with Gasteiger partial charge in [0.25, 0.3) is 0 Å². The molecule has 0 amide bonds. The summed E-state index contributed by atoms with van der Waals surface area (Å²) in [6.45, 7) is 3.78. The van der Waals surface area contributed by atoms with Crippen LogP contribution in [0.25, 0.3) is 0 Å². The van der Waals surface area contributed by atoms with E-state index >= 15 is 0 Å². The van der Waals surface area contributed by atoms with Crippen LogP contribution in [0.1, 0.15) is 52.4 Å². The van der Waals surface area contributed by atoms with Gasteiger partial charge in [-0.05, 0) is 91.7 Å². The van der Waals surface area contributed by atoms with Crippen LogP contribution in [0.5, 0.6) is 0 Å². The molecule has 4 aliphatic carbocycles. The van der Waals surface area contributed by atoms with Crippen molar-refractivity contribution in [2.24, 2.45) is 28.6 Å². The number of hydrogen-bond acceptors (Lipinski definition) is 7. The monoisotopic (exact) mass is 589 g/mol. The third kappa shape index (κ3) is 4.90. The van der Waals surface area contributed by atoms with E-state index in [1.54, 1.807) is 12.1 Å². The Bertz CT molecular complexity index is 1290. The first kappa shape index (κ1) is 30.1. The summed E-state index contributed by atoms with van der Waals surface area (Å²) in [7, 11) is 1.37. The van der Waals surface area contributed by atoms with E-state index in [2.05, 4.69) is 13.0 Å². The van der Waals surface area contributed by atoms with E-state index in [0.29, 0.717) is 24.6 Å². The fraction of sp³-hybridized carbons (Fsp3) is 0.581. The Labute approximate surface area is 243 Å². The molecule has 3 fully saturated rings. The first-order valence-corrected chi connectivity index (χ1v) is 15.2. The molecular formula is C31H39F2N2O5S+. The van der Waals surface area contributed by atoms with Crippen molar-refractivity contribution in [1.29, 1.82) is 5.41 Å². The van der Waals surface area contributed by atoms with Crippen molar-refractivity contribution in [3.8, 4) is 0 Å². The number of carbonyl (C=O) groups is 2. The van der Waals surface area contributed by atoms with Gasteiger partial charge < -0.3 is 20.0 Å². The fourth-order valence-corrected chi connectivity index (χ4v) is 9.48. The predicted octanol–water partition coefficient (Wildman–Crippen LogP) is 4.58. The van der Waals surface area contributed by atoms with Gasteiger partial charge in [-0.25, -0.2) is 13.6 Å². The van der Waals surface area contributed by atoms with Gasteiger partial charge in [0.1, 0.15) is 29.8 Å². The number of quaternary nitrogens is 1. The van der Waals surface area contributed by atoms with Crippen LogP contribution in [0.15, 0.2) is 47.2 Å². The number of rotatable bonds is 8. The molecule has 0 radical (unpaired) electrons. The van der Waals surface area contributed by atoms with Gasteiger partial charge in [0, 0.05) is 36.4 Å². The molecule has 0 aromatic heterocycles. The van der Waals surface area contributed by atoms with Crippen molar-refractivity contribution in [1.82, 2.24) is 0 Å². The highest BCUT2D eigenvalue weighted by atomic mass is 32.2. The Kier molecular flexibility index (Phi) is 8.33. The van der Waals surface area contributed by atoms with Crippen LogP contribution >= 0.6 is 11.8 Å². The first-order valence-electron chi connectivity index (χ1n) is 14.2. The fourth-order valence-electron chi connectivity index (χ4n) is 8.77. The van der Waals surface area contributed by atoms with Gasteiger partial charge in [-0.15, -0.1) is 0 Å².